The number of esters is 1. The van der Waals surface area contributed by atoms with Crippen LogP contribution < -0.4 is 0 Å². The molecule has 0 aliphatic carbocycles. The van der Waals surface area contributed by atoms with Crippen LogP contribution in [0.15, 0.2) is 18.2 Å². The quantitative estimate of drug-likeness (QED) is 0.562. The van der Waals surface area contributed by atoms with Crippen LogP contribution in [-0.2, 0) is 10.1 Å². The van der Waals surface area contributed by atoms with Gasteiger partial charge >= 0.3 is 5.97 Å². The zero-order valence-electron chi connectivity index (χ0n) is 7.97. The molecule has 0 spiro atoms. The number of rotatable bonds is 3. The second kappa shape index (κ2) is 6.01. The molecule has 0 bridgehead atoms. The van der Waals surface area contributed by atoms with Gasteiger partial charge in [0, 0.05) is 5.33 Å². The molecule has 5 heteroatoms. The molecule has 0 radical (unpaired) electrons. The Morgan fingerprint density at radius 1 is 1.40 bits per heavy atom. The molecule has 1 aromatic carbocycles. The van der Waals surface area contributed by atoms with Crippen LogP contribution in [0.5, 0.6) is 0 Å². The Morgan fingerprint density at radius 2 is 2.07 bits per heavy atom. The molecule has 0 heterocycles. The number of alkyl halides is 3. The van der Waals surface area contributed by atoms with E-state index in [-0.39, 0.29) is 9.71 Å². The monoisotopic (exact) mass is 398 g/mol. The fraction of sp³-hybridized carbons (Fsp3) is 0.300. The predicted octanol–water partition coefficient (Wildman–Crippen LogP) is 4.16. The molecule has 0 fully saturated rings. The second-order valence-electron chi connectivity index (χ2n) is 2.89. The van der Waals surface area contributed by atoms with E-state index in [1.54, 1.807) is 6.07 Å². The van der Waals surface area contributed by atoms with E-state index in [0.717, 1.165) is 11.1 Å². The average molecular weight is 401 g/mol. The molecule has 0 unspecified atom stereocenters. The molecule has 0 amide bonds. The zero-order chi connectivity index (χ0) is 11.4. The Hall–Kier alpha value is 0.130. The molecular formula is C10H9Br3O2. The summed E-state index contributed by atoms with van der Waals surface area (Å²) in [5.41, 5.74) is 2.59. The van der Waals surface area contributed by atoms with Gasteiger partial charge < -0.3 is 4.74 Å². The highest BCUT2D eigenvalue weighted by Gasteiger charge is 2.11. The topological polar surface area (TPSA) is 26.3 Å². The first kappa shape index (κ1) is 13.2. The zero-order valence-corrected chi connectivity index (χ0v) is 12.7. The summed E-state index contributed by atoms with van der Waals surface area (Å²) in [5.74, 6) is -0.320. The van der Waals surface area contributed by atoms with E-state index >= 15 is 0 Å². The molecule has 0 aliphatic rings. The lowest BCUT2D eigenvalue weighted by Gasteiger charge is -2.08. The van der Waals surface area contributed by atoms with Crippen LogP contribution in [0.3, 0.4) is 0 Å². The van der Waals surface area contributed by atoms with Gasteiger partial charge in [-0.05, 0) is 23.3 Å². The number of carbonyl (C=O) groups is 1. The van der Waals surface area contributed by atoms with Crippen molar-refractivity contribution >= 4 is 53.8 Å². The molecule has 0 N–H and O–H groups in total. The SMILES string of the molecule is COC(=O)c1cc(CBr)cc(C(Br)Br)c1. The summed E-state index contributed by atoms with van der Waals surface area (Å²) in [5, 5.41) is 0.706. The highest BCUT2D eigenvalue weighted by Crippen LogP contribution is 2.31. The molecule has 0 saturated heterocycles. The van der Waals surface area contributed by atoms with Crippen molar-refractivity contribution in [2.24, 2.45) is 0 Å². The lowest BCUT2D eigenvalue weighted by molar-refractivity contribution is 0.0600. The van der Waals surface area contributed by atoms with Crippen LogP contribution >= 0.6 is 47.8 Å². The molecule has 1 rings (SSSR count). The highest BCUT2D eigenvalue weighted by molar-refractivity contribution is 9.24. The fourth-order valence-corrected chi connectivity index (χ4v) is 2.01. The Labute approximate surface area is 114 Å². The highest BCUT2D eigenvalue weighted by atomic mass is 79.9. The number of ether oxygens (including phenoxy) is 1. The fourth-order valence-electron chi connectivity index (χ4n) is 1.16. The van der Waals surface area contributed by atoms with Crippen LogP contribution in [0.25, 0.3) is 0 Å². The van der Waals surface area contributed by atoms with Crippen molar-refractivity contribution in [2.45, 2.75) is 9.07 Å². The van der Waals surface area contributed by atoms with Crippen molar-refractivity contribution < 1.29 is 9.53 Å². The first-order valence-corrected chi connectivity index (χ1v) is 7.10. The number of methoxy groups -OCH3 is 1. The van der Waals surface area contributed by atoms with Gasteiger partial charge in [0.25, 0.3) is 0 Å². The molecule has 0 atom stereocenters. The molecule has 0 aliphatic heterocycles. The minimum Gasteiger partial charge on any atom is -0.465 e. The Bertz CT molecular complexity index is 364. The average Bonchev–Trinajstić information content (AvgIpc) is 2.27. The van der Waals surface area contributed by atoms with E-state index in [1.165, 1.54) is 7.11 Å². The van der Waals surface area contributed by atoms with E-state index in [9.17, 15) is 4.79 Å². The number of halogens is 3. The van der Waals surface area contributed by atoms with Gasteiger partial charge in [0.2, 0.25) is 0 Å². The maximum absolute atomic E-state index is 11.4. The third-order valence-electron chi connectivity index (χ3n) is 1.84. The van der Waals surface area contributed by atoms with Crippen molar-refractivity contribution in [3.63, 3.8) is 0 Å². The van der Waals surface area contributed by atoms with Crippen LogP contribution in [0.4, 0.5) is 0 Å². The Balaban J connectivity index is 3.17. The van der Waals surface area contributed by atoms with Crippen molar-refractivity contribution in [2.75, 3.05) is 7.11 Å². The van der Waals surface area contributed by atoms with Gasteiger partial charge in [-0.25, -0.2) is 4.79 Å². The summed E-state index contributed by atoms with van der Waals surface area (Å²) in [6.45, 7) is 0. The van der Waals surface area contributed by atoms with E-state index in [0.29, 0.717) is 10.9 Å². The van der Waals surface area contributed by atoms with Crippen LogP contribution in [0.1, 0.15) is 25.2 Å². The lowest BCUT2D eigenvalue weighted by atomic mass is 10.1. The Kier molecular flexibility index (Phi) is 5.29. The Morgan fingerprint density at radius 3 is 2.53 bits per heavy atom. The maximum atomic E-state index is 11.4. The molecule has 82 valence electrons. The largest absolute Gasteiger partial charge is 0.465 e. The summed E-state index contributed by atoms with van der Waals surface area (Å²) in [6, 6.07) is 5.62. The van der Waals surface area contributed by atoms with E-state index in [1.807, 2.05) is 12.1 Å². The minimum absolute atomic E-state index is 0.0346. The van der Waals surface area contributed by atoms with Crippen molar-refractivity contribution in [3.05, 3.63) is 34.9 Å². The molecule has 15 heavy (non-hydrogen) atoms. The van der Waals surface area contributed by atoms with E-state index < -0.39 is 0 Å². The first-order chi connectivity index (χ1) is 7.08. The third-order valence-corrected chi connectivity index (χ3v) is 3.55. The summed E-state index contributed by atoms with van der Waals surface area (Å²) < 4.78 is 4.72. The minimum atomic E-state index is -0.320. The van der Waals surface area contributed by atoms with Gasteiger partial charge in [-0.2, -0.15) is 0 Å². The van der Waals surface area contributed by atoms with Crippen molar-refractivity contribution in [1.29, 1.82) is 0 Å². The van der Waals surface area contributed by atoms with Crippen molar-refractivity contribution in [1.82, 2.24) is 0 Å². The summed E-state index contributed by atoms with van der Waals surface area (Å²) in [4.78, 5) is 11.4. The standard InChI is InChI=1S/C10H9Br3O2/c1-15-10(14)8-3-6(5-11)2-7(4-8)9(12)13/h2-4,9H,5H2,1H3. The maximum Gasteiger partial charge on any atom is 0.337 e. The number of hydrogen-bond acceptors (Lipinski definition) is 2. The van der Waals surface area contributed by atoms with Gasteiger partial charge in [0.15, 0.2) is 0 Å². The summed E-state index contributed by atoms with van der Waals surface area (Å²) >= 11 is 10.2. The van der Waals surface area contributed by atoms with E-state index in [4.69, 9.17) is 0 Å². The molecule has 0 saturated carbocycles. The molecular weight excluding hydrogens is 392 g/mol. The smallest absolute Gasteiger partial charge is 0.337 e. The molecule has 0 aromatic heterocycles. The van der Waals surface area contributed by atoms with E-state index in [2.05, 4.69) is 52.5 Å². The van der Waals surface area contributed by atoms with Crippen LogP contribution in [0, 0.1) is 0 Å². The number of benzene rings is 1. The van der Waals surface area contributed by atoms with Crippen molar-refractivity contribution in [3.8, 4) is 0 Å². The van der Waals surface area contributed by atoms with Gasteiger partial charge in [-0.1, -0.05) is 53.9 Å². The second-order valence-corrected chi connectivity index (χ2v) is 6.51. The number of carbonyl (C=O) groups excluding carboxylic acids is 1. The summed E-state index contributed by atoms with van der Waals surface area (Å²) in [7, 11) is 1.38. The van der Waals surface area contributed by atoms with Gasteiger partial charge in [-0.3, -0.25) is 0 Å². The third kappa shape index (κ3) is 3.57. The van der Waals surface area contributed by atoms with Gasteiger partial charge in [-0.15, -0.1) is 0 Å². The number of hydrogen-bond donors (Lipinski definition) is 0. The van der Waals surface area contributed by atoms with Crippen LogP contribution in [-0.4, -0.2) is 13.1 Å². The predicted molar refractivity (Wildman–Crippen MR) is 71.0 cm³/mol. The first-order valence-electron chi connectivity index (χ1n) is 4.14. The van der Waals surface area contributed by atoms with Crippen LogP contribution in [0.2, 0.25) is 0 Å². The molecule has 1 aromatic rings. The summed E-state index contributed by atoms with van der Waals surface area (Å²) in [6.07, 6.45) is 0. The lowest BCUT2D eigenvalue weighted by Crippen LogP contribution is -2.03. The van der Waals surface area contributed by atoms with Gasteiger partial charge in [0.1, 0.15) is 0 Å². The normalized spacial score (nSPS) is 10.5. The van der Waals surface area contributed by atoms with Gasteiger partial charge in [0.05, 0.1) is 16.4 Å². The molecule has 2 nitrogen and oxygen atoms in total.